The third-order valence-electron chi connectivity index (χ3n) is 4.77. The molecule has 6 nitrogen and oxygen atoms in total. The molecule has 0 fully saturated rings. The van der Waals surface area contributed by atoms with Crippen LogP contribution in [-0.4, -0.2) is 41.0 Å². The molecule has 30 heavy (non-hydrogen) atoms. The van der Waals surface area contributed by atoms with Gasteiger partial charge >= 0.3 is 0 Å². The molecule has 0 radical (unpaired) electrons. The van der Waals surface area contributed by atoms with Crippen molar-refractivity contribution in [2.24, 2.45) is 0 Å². The van der Waals surface area contributed by atoms with Gasteiger partial charge in [-0.3, -0.25) is 14.2 Å². The van der Waals surface area contributed by atoms with Gasteiger partial charge in [0.25, 0.3) is 5.56 Å². The van der Waals surface area contributed by atoms with Gasteiger partial charge in [0.2, 0.25) is 5.91 Å². The first-order valence-corrected chi connectivity index (χ1v) is 10.9. The minimum absolute atomic E-state index is 0.0136. The molecular weight excluding hydrogens is 398 g/mol. The van der Waals surface area contributed by atoms with Gasteiger partial charge in [0.05, 0.1) is 29.3 Å². The number of carbonyl (C=O) groups excluding carboxylic acids is 1. The Hall–Kier alpha value is -2.64. The van der Waals surface area contributed by atoms with Gasteiger partial charge in [0, 0.05) is 18.8 Å². The molecule has 0 spiro atoms. The van der Waals surface area contributed by atoms with E-state index in [4.69, 9.17) is 4.74 Å². The number of amides is 1. The second-order valence-electron chi connectivity index (χ2n) is 7.37. The number of fused-ring (bicyclic) bond motifs is 1. The summed E-state index contributed by atoms with van der Waals surface area (Å²) in [6, 6.07) is 16.7. The summed E-state index contributed by atoms with van der Waals surface area (Å²) >= 11 is 1.28. The van der Waals surface area contributed by atoms with E-state index in [9.17, 15) is 9.59 Å². The van der Waals surface area contributed by atoms with Crippen LogP contribution in [0.15, 0.2) is 64.5 Å². The largest absolute Gasteiger partial charge is 0.383 e. The fourth-order valence-electron chi connectivity index (χ4n) is 3.45. The fourth-order valence-corrected chi connectivity index (χ4v) is 4.40. The van der Waals surface area contributed by atoms with Gasteiger partial charge in [-0.1, -0.05) is 42.1 Å². The Kier molecular flexibility index (Phi) is 7.29. The average Bonchev–Trinajstić information content (AvgIpc) is 2.73. The number of hydrogen-bond donors (Lipinski definition) is 0. The van der Waals surface area contributed by atoms with Crippen molar-refractivity contribution < 1.29 is 9.53 Å². The number of aromatic nitrogens is 2. The zero-order valence-electron chi connectivity index (χ0n) is 17.7. The Labute approximate surface area is 180 Å². The molecule has 0 N–H and O–H groups in total. The summed E-state index contributed by atoms with van der Waals surface area (Å²) in [6.45, 7) is 6.27. The highest BCUT2D eigenvalue weighted by Gasteiger charge is 2.22. The highest BCUT2D eigenvalue weighted by molar-refractivity contribution is 7.99. The smallest absolute Gasteiger partial charge is 0.262 e. The number of hydrogen-bond acceptors (Lipinski definition) is 5. The Morgan fingerprint density at radius 2 is 1.77 bits per heavy atom. The lowest BCUT2D eigenvalue weighted by molar-refractivity contribution is -0.116. The van der Waals surface area contributed by atoms with Gasteiger partial charge in [-0.2, -0.15) is 0 Å². The summed E-state index contributed by atoms with van der Waals surface area (Å²) in [7, 11) is 1.60. The third-order valence-corrected chi connectivity index (χ3v) is 5.71. The molecule has 3 aromatic rings. The molecule has 0 aliphatic carbocycles. The first-order chi connectivity index (χ1) is 14.4. The number of thioether (sulfide) groups is 1. The molecule has 0 aliphatic rings. The lowest BCUT2D eigenvalue weighted by atomic mass is 10.2. The highest BCUT2D eigenvalue weighted by atomic mass is 32.2. The van der Waals surface area contributed by atoms with E-state index in [1.807, 2.05) is 69.3 Å². The van der Waals surface area contributed by atoms with Crippen molar-refractivity contribution in [2.45, 2.75) is 38.0 Å². The standard InChI is InChI=1S/C23H27N3O3S/c1-16(2)25(18-10-6-5-7-11-18)21(27)15-30-23-24-20-13-9-8-12-19(20)22(28)26(23)17(3)14-29-4/h5-13,16-17H,14-15H2,1-4H3/t17-/m0/s1. The molecule has 1 aromatic heterocycles. The minimum Gasteiger partial charge on any atom is -0.383 e. The van der Waals surface area contributed by atoms with Crippen molar-refractivity contribution in [1.82, 2.24) is 9.55 Å². The maximum atomic E-state index is 13.1. The molecule has 1 atom stereocenters. The zero-order valence-corrected chi connectivity index (χ0v) is 18.6. The maximum Gasteiger partial charge on any atom is 0.262 e. The lowest BCUT2D eigenvalue weighted by Gasteiger charge is -2.27. The third kappa shape index (κ3) is 4.74. The number of carbonyl (C=O) groups is 1. The number of para-hydroxylation sites is 2. The van der Waals surface area contributed by atoms with Gasteiger partial charge < -0.3 is 9.64 Å². The van der Waals surface area contributed by atoms with Crippen LogP contribution in [0.25, 0.3) is 10.9 Å². The van der Waals surface area contributed by atoms with Crippen molar-refractivity contribution in [3.63, 3.8) is 0 Å². The summed E-state index contributed by atoms with van der Waals surface area (Å²) in [4.78, 5) is 32.7. The number of methoxy groups -OCH3 is 1. The molecule has 158 valence electrons. The van der Waals surface area contributed by atoms with Gasteiger partial charge in [-0.05, 0) is 45.0 Å². The van der Waals surface area contributed by atoms with E-state index in [-0.39, 0.29) is 29.3 Å². The topological polar surface area (TPSA) is 64.4 Å². The van der Waals surface area contributed by atoms with Crippen LogP contribution in [0.5, 0.6) is 0 Å². The van der Waals surface area contributed by atoms with Gasteiger partial charge in [0.1, 0.15) is 0 Å². The van der Waals surface area contributed by atoms with Crippen molar-refractivity contribution in [3.8, 4) is 0 Å². The number of rotatable bonds is 8. The number of ether oxygens (including phenoxy) is 1. The van der Waals surface area contributed by atoms with Gasteiger partial charge in [-0.15, -0.1) is 0 Å². The van der Waals surface area contributed by atoms with Crippen LogP contribution in [0.2, 0.25) is 0 Å². The first-order valence-electron chi connectivity index (χ1n) is 9.94. The monoisotopic (exact) mass is 425 g/mol. The van der Waals surface area contributed by atoms with Crippen molar-refractivity contribution >= 4 is 34.3 Å². The molecule has 2 aromatic carbocycles. The van der Waals surface area contributed by atoms with Crippen molar-refractivity contribution in [1.29, 1.82) is 0 Å². The Balaban J connectivity index is 1.93. The summed E-state index contributed by atoms with van der Waals surface area (Å²) in [6.07, 6.45) is 0. The predicted octanol–water partition coefficient (Wildman–Crippen LogP) is 4.14. The van der Waals surface area contributed by atoms with Gasteiger partial charge in [-0.25, -0.2) is 4.98 Å². The van der Waals surface area contributed by atoms with E-state index in [0.29, 0.717) is 22.7 Å². The predicted molar refractivity (Wildman–Crippen MR) is 122 cm³/mol. The van der Waals surface area contributed by atoms with Gasteiger partial charge in [0.15, 0.2) is 5.16 Å². The Morgan fingerprint density at radius 1 is 1.10 bits per heavy atom. The van der Waals surface area contributed by atoms with E-state index < -0.39 is 0 Å². The number of nitrogens with zero attached hydrogens (tertiary/aromatic N) is 3. The molecule has 1 heterocycles. The average molecular weight is 426 g/mol. The molecular formula is C23H27N3O3S. The molecule has 7 heteroatoms. The summed E-state index contributed by atoms with van der Waals surface area (Å²) in [5.74, 6) is 0.145. The second kappa shape index (κ2) is 9.91. The summed E-state index contributed by atoms with van der Waals surface area (Å²) in [5, 5.41) is 1.08. The van der Waals surface area contributed by atoms with Crippen LogP contribution >= 0.6 is 11.8 Å². The van der Waals surface area contributed by atoms with Crippen LogP contribution in [0, 0.1) is 0 Å². The Bertz CT molecular complexity index is 1070. The van der Waals surface area contributed by atoms with Crippen LogP contribution in [0.4, 0.5) is 5.69 Å². The lowest BCUT2D eigenvalue weighted by Crippen LogP contribution is -2.38. The second-order valence-corrected chi connectivity index (χ2v) is 8.32. The number of benzene rings is 2. The summed E-state index contributed by atoms with van der Waals surface area (Å²) in [5.41, 5.74) is 1.36. The molecule has 0 bridgehead atoms. The Morgan fingerprint density at radius 3 is 2.43 bits per heavy atom. The normalized spacial score (nSPS) is 12.3. The summed E-state index contributed by atoms with van der Waals surface area (Å²) < 4.78 is 6.89. The molecule has 0 aliphatic heterocycles. The zero-order chi connectivity index (χ0) is 21.7. The molecule has 0 unspecified atom stereocenters. The highest BCUT2D eigenvalue weighted by Crippen LogP contribution is 2.24. The maximum absolute atomic E-state index is 13.1. The van der Waals surface area contributed by atoms with Crippen LogP contribution in [0.1, 0.15) is 26.8 Å². The molecule has 3 rings (SSSR count). The van der Waals surface area contributed by atoms with Crippen LogP contribution in [0.3, 0.4) is 0 Å². The molecule has 1 amide bonds. The molecule has 0 saturated carbocycles. The van der Waals surface area contributed by atoms with Crippen molar-refractivity contribution in [2.75, 3.05) is 24.4 Å². The van der Waals surface area contributed by atoms with E-state index in [1.165, 1.54) is 11.8 Å². The van der Waals surface area contributed by atoms with E-state index in [1.54, 1.807) is 22.6 Å². The molecule has 0 saturated heterocycles. The van der Waals surface area contributed by atoms with E-state index >= 15 is 0 Å². The van der Waals surface area contributed by atoms with E-state index in [2.05, 4.69) is 4.98 Å². The SMILES string of the molecule is COC[C@H](C)n1c(SCC(=O)N(c2ccccc2)C(C)C)nc2ccccc2c1=O. The first kappa shape index (κ1) is 22.1. The van der Waals surface area contributed by atoms with Crippen LogP contribution in [-0.2, 0) is 9.53 Å². The van der Waals surface area contributed by atoms with E-state index in [0.717, 1.165) is 5.69 Å². The minimum atomic E-state index is -0.201. The number of anilines is 1. The quantitative estimate of drug-likeness (QED) is 0.401. The fraction of sp³-hybridized carbons (Fsp3) is 0.348. The van der Waals surface area contributed by atoms with Crippen LogP contribution < -0.4 is 10.5 Å². The van der Waals surface area contributed by atoms with Crippen molar-refractivity contribution in [3.05, 3.63) is 65.0 Å².